The number of amides is 4. The number of aryl methyl sites for hydroxylation is 1. The molecule has 9 heteroatoms. The predicted molar refractivity (Wildman–Crippen MR) is 79.4 cm³/mol. The molecule has 0 bridgehead atoms. The molecule has 2 rings (SSSR count). The molecule has 1 aromatic heterocycles. The van der Waals surface area contributed by atoms with Crippen LogP contribution >= 0.6 is 11.6 Å². The fraction of sp³-hybridized carbons (Fsp3) is 0.538. The Labute approximate surface area is 132 Å². The number of hydrogen-bond acceptors (Lipinski definition) is 4. The highest BCUT2D eigenvalue weighted by Gasteiger charge is 2.29. The number of imide groups is 1. The molecule has 1 aromatic rings. The van der Waals surface area contributed by atoms with Crippen molar-refractivity contribution in [1.82, 2.24) is 25.7 Å². The van der Waals surface area contributed by atoms with Crippen molar-refractivity contribution in [2.75, 3.05) is 6.54 Å². The molecule has 1 fully saturated rings. The molecule has 0 unspecified atom stereocenters. The van der Waals surface area contributed by atoms with Crippen LogP contribution in [-0.4, -0.2) is 40.2 Å². The van der Waals surface area contributed by atoms with Gasteiger partial charge >= 0.3 is 6.03 Å². The van der Waals surface area contributed by atoms with Crippen molar-refractivity contribution in [1.29, 1.82) is 0 Å². The van der Waals surface area contributed by atoms with E-state index in [1.54, 1.807) is 4.68 Å². The highest BCUT2D eigenvalue weighted by atomic mass is 35.5. The van der Waals surface area contributed by atoms with Crippen LogP contribution in [-0.2, 0) is 16.1 Å². The summed E-state index contributed by atoms with van der Waals surface area (Å²) in [5, 5.41) is 12.2. The second-order valence-electron chi connectivity index (χ2n) is 5.11. The number of aromatic nitrogens is 2. The lowest BCUT2D eigenvalue weighted by molar-refractivity contribution is -0.122. The quantitative estimate of drug-likeness (QED) is 0.652. The van der Waals surface area contributed by atoms with E-state index in [0.717, 1.165) is 11.4 Å². The van der Waals surface area contributed by atoms with Gasteiger partial charge in [-0.2, -0.15) is 5.10 Å². The minimum atomic E-state index is -0.631. The fourth-order valence-electron chi connectivity index (χ4n) is 2.22. The second-order valence-corrected chi connectivity index (χ2v) is 5.49. The number of urea groups is 1. The summed E-state index contributed by atoms with van der Waals surface area (Å²) in [6.45, 7) is 4.63. The van der Waals surface area contributed by atoms with E-state index in [1.807, 2.05) is 13.8 Å². The van der Waals surface area contributed by atoms with Gasteiger partial charge in [0.1, 0.15) is 6.04 Å². The Morgan fingerprint density at radius 1 is 1.41 bits per heavy atom. The maximum atomic E-state index is 11.7. The highest BCUT2D eigenvalue weighted by Crippen LogP contribution is 2.18. The van der Waals surface area contributed by atoms with Gasteiger partial charge in [0, 0.05) is 13.0 Å². The van der Waals surface area contributed by atoms with Crippen molar-refractivity contribution in [3.8, 4) is 0 Å². The van der Waals surface area contributed by atoms with Crippen LogP contribution < -0.4 is 16.0 Å². The molecule has 1 atom stereocenters. The molecule has 1 aliphatic heterocycles. The monoisotopic (exact) mass is 327 g/mol. The van der Waals surface area contributed by atoms with Gasteiger partial charge in [0.2, 0.25) is 5.91 Å². The first-order valence-corrected chi connectivity index (χ1v) is 7.34. The van der Waals surface area contributed by atoms with E-state index in [0.29, 0.717) is 18.1 Å². The van der Waals surface area contributed by atoms with Gasteiger partial charge in [-0.25, -0.2) is 4.79 Å². The highest BCUT2D eigenvalue weighted by molar-refractivity contribution is 6.31. The van der Waals surface area contributed by atoms with Crippen molar-refractivity contribution in [3.63, 3.8) is 0 Å². The SMILES string of the molecule is Cc1nn(CCNC(=O)CC[C@H]2NC(=O)NC2=O)c(C)c1Cl. The van der Waals surface area contributed by atoms with Crippen molar-refractivity contribution >= 4 is 29.4 Å². The number of nitrogens with zero attached hydrogens (tertiary/aromatic N) is 2. The Hall–Kier alpha value is -2.09. The van der Waals surface area contributed by atoms with Gasteiger partial charge in [-0.15, -0.1) is 0 Å². The van der Waals surface area contributed by atoms with Crippen LogP contribution in [0.5, 0.6) is 0 Å². The van der Waals surface area contributed by atoms with Gasteiger partial charge in [0.15, 0.2) is 0 Å². The van der Waals surface area contributed by atoms with E-state index in [9.17, 15) is 14.4 Å². The zero-order chi connectivity index (χ0) is 16.3. The van der Waals surface area contributed by atoms with Gasteiger partial charge in [0.05, 0.1) is 23.0 Å². The van der Waals surface area contributed by atoms with Gasteiger partial charge in [-0.1, -0.05) is 11.6 Å². The minimum Gasteiger partial charge on any atom is -0.354 e. The minimum absolute atomic E-state index is 0.163. The maximum Gasteiger partial charge on any atom is 0.322 e. The molecular weight excluding hydrogens is 310 g/mol. The smallest absolute Gasteiger partial charge is 0.322 e. The van der Waals surface area contributed by atoms with E-state index in [2.05, 4.69) is 21.0 Å². The maximum absolute atomic E-state index is 11.7. The molecule has 2 heterocycles. The van der Waals surface area contributed by atoms with Crippen LogP contribution in [0.15, 0.2) is 0 Å². The van der Waals surface area contributed by atoms with Crippen LogP contribution in [0.25, 0.3) is 0 Å². The van der Waals surface area contributed by atoms with Crippen molar-refractivity contribution in [2.45, 2.75) is 39.3 Å². The molecule has 0 saturated carbocycles. The van der Waals surface area contributed by atoms with E-state index in [4.69, 9.17) is 11.6 Å². The third-order valence-corrected chi connectivity index (χ3v) is 4.00. The Kier molecular flexibility index (Phi) is 5.02. The molecule has 120 valence electrons. The molecule has 0 aromatic carbocycles. The summed E-state index contributed by atoms with van der Waals surface area (Å²) in [7, 11) is 0. The van der Waals surface area contributed by atoms with E-state index in [1.165, 1.54) is 0 Å². The van der Waals surface area contributed by atoms with Crippen LogP contribution in [0, 0.1) is 13.8 Å². The third-order valence-electron chi connectivity index (χ3n) is 3.46. The molecule has 4 amide bonds. The number of rotatable bonds is 6. The summed E-state index contributed by atoms with van der Waals surface area (Å²) in [6.07, 6.45) is 0.436. The van der Waals surface area contributed by atoms with E-state index < -0.39 is 18.0 Å². The fourth-order valence-corrected chi connectivity index (χ4v) is 2.36. The number of halogens is 1. The van der Waals surface area contributed by atoms with Gasteiger partial charge in [0.25, 0.3) is 5.91 Å². The van der Waals surface area contributed by atoms with Crippen molar-refractivity contribution in [2.24, 2.45) is 0 Å². The summed E-state index contributed by atoms with van der Waals surface area (Å²) in [6, 6.07) is -1.15. The van der Waals surface area contributed by atoms with Crippen LogP contribution in [0.4, 0.5) is 4.79 Å². The molecule has 0 radical (unpaired) electrons. The Bertz CT molecular complexity index is 613. The normalized spacial score (nSPS) is 17.3. The summed E-state index contributed by atoms with van der Waals surface area (Å²) in [5.74, 6) is -0.573. The lowest BCUT2D eigenvalue weighted by Gasteiger charge is -2.09. The summed E-state index contributed by atoms with van der Waals surface area (Å²) in [5.41, 5.74) is 1.62. The first-order chi connectivity index (χ1) is 10.4. The van der Waals surface area contributed by atoms with Crippen LogP contribution in [0.1, 0.15) is 24.2 Å². The first kappa shape index (κ1) is 16.3. The first-order valence-electron chi connectivity index (χ1n) is 6.96. The molecule has 1 saturated heterocycles. The topological polar surface area (TPSA) is 105 Å². The Balaban J connectivity index is 1.71. The van der Waals surface area contributed by atoms with E-state index in [-0.39, 0.29) is 18.7 Å². The molecule has 8 nitrogen and oxygen atoms in total. The molecule has 0 aliphatic carbocycles. The standard InChI is InChI=1S/C13H18ClN5O3/c1-7-11(14)8(2)19(18-7)6-5-15-10(20)4-3-9-12(21)17-13(22)16-9/h9H,3-6H2,1-2H3,(H,15,20)(H2,16,17,21,22)/t9-/m1/s1. The molecule has 1 aliphatic rings. The number of hydrogen-bond donors (Lipinski definition) is 3. The van der Waals surface area contributed by atoms with Gasteiger partial charge in [-0.3, -0.25) is 19.6 Å². The molecular formula is C13H18ClN5O3. The van der Waals surface area contributed by atoms with Crippen LogP contribution in [0.3, 0.4) is 0 Å². The average Bonchev–Trinajstić information content (AvgIpc) is 2.91. The van der Waals surface area contributed by atoms with Crippen molar-refractivity contribution in [3.05, 3.63) is 16.4 Å². The van der Waals surface area contributed by atoms with Gasteiger partial charge in [-0.05, 0) is 20.3 Å². The molecule has 3 N–H and O–H groups in total. The molecule has 22 heavy (non-hydrogen) atoms. The summed E-state index contributed by atoms with van der Waals surface area (Å²) in [4.78, 5) is 34.0. The average molecular weight is 328 g/mol. The largest absolute Gasteiger partial charge is 0.354 e. The number of carbonyl (C=O) groups is 3. The second kappa shape index (κ2) is 6.78. The summed E-state index contributed by atoms with van der Waals surface area (Å²) < 4.78 is 1.74. The lowest BCUT2D eigenvalue weighted by atomic mass is 10.1. The number of carbonyl (C=O) groups excluding carboxylic acids is 3. The Morgan fingerprint density at radius 2 is 2.14 bits per heavy atom. The zero-order valence-corrected chi connectivity index (χ0v) is 13.2. The lowest BCUT2D eigenvalue weighted by Crippen LogP contribution is -2.33. The van der Waals surface area contributed by atoms with Crippen LogP contribution in [0.2, 0.25) is 5.02 Å². The third kappa shape index (κ3) is 3.76. The summed E-state index contributed by atoms with van der Waals surface area (Å²) >= 11 is 6.04. The van der Waals surface area contributed by atoms with Crippen molar-refractivity contribution < 1.29 is 14.4 Å². The zero-order valence-electron chi connectivity index (χ0n) is 12.4. The molecule has 0 spiro atoms. The van der Waals surface area contributed by atoms with E-state index >= 15 is 0 Å². The number of nitrogens with one attached hydrogen (secondary N) is 3. The Morgan fingerprint density at radius 3 is 2.68 bits per heavy atom. The van der Waals surface area contributed by atoms with Gasteiger partial charge < -0.3 is 10.6 Å². The predicted octanol–water partition coefficient (Wildman–Crippen LogP) is 0.258.